The van der Waals surface area contributed by atoms with Gasteiger partial charge in [-0.25, -0.2) is 5.43 Å². The van der Waals surface area contributed by atoms with Crippen molar-refractivity contribution in [3.8, 4) is 11.5 Å². The molecule has 10 nitrogen and oxygen atoms in total. The minimum absolute atomic E-state index is 0.319. The Labute approximate surface area is 212 Å². The minimum Gasteiger partial charge on any atom is -0.494 e. The van der Waals surface area contributed by atoms with Crippen LogP contribution in [0.25, 0.3) is 0 Å². The lowest BCUT2D eigenvalue weighted by molar-refractivity contribution is 0.122. The number of morpholine rings is 1. The first-order valence-electron chi connectivity index (χ1n) is 11.4. The average Bonchev–Trinajstić information content (AvgIpc) is 2.86. The van der Waals surface area contributed by atoms with Crippen molar-refractivity contribution in [2.75, 3.05) is 55.2 Å². The molecule has 0 amide bonds. The van der Waals surface area contributed by atoms with Crippen LogP contribution >= 0.6 is 15.9 Å². The van der Waals surface area contributed by atoms with Crippen molar-refractivity contribution in [1.82, 2.24) is 15.0 Å². The second-order valence-corrected chi connectivity index (χ2v) is 8.37. The summed E-state index contributed by atoms with van der Waals surface area (Å²) in [6.45, 7) is 7.65. The fourth-order valence-corrected chi connectivity index (χ4v) is 3.79. The van der Waals surface area contributed by atoms with Crippen molar-refractivity contribution in [3.63, 3.8) is 0 Å². The highest BCUT2D eigenvalue weighted by molar-refractivity contribution is 9.10. The number of halogens is 1. The topological polar surface area (TPSA) is 106 Å². The molecule has 35 heavy (non-hydrogen) atoms. The molecule has 0 unspecified atom stereocenters. The number of benzene rings is 2. The van der Waals surface area contributed by atoms with E-state index in [0.29, 0.717) is 63.1 Å². The first-order valence-corrected chi connectivity index (χ1v) is 12.2. The van der Waals surface area contributed by atoms with Crippen molar-refractivity contribution >= 4 is 45.7 Å². The van der Waals surface area contributed by atoms with Crippen molar-refractivity contribution in [2.45, 2.75) is 13.8 Å². The summed E-state index contributed by atoms with van der Waals surface area (Å²) in [6.07, 6.45) is 1.67. The van der Waals surface area contributed by atoms with Crippen LogP contribution in [0.3, 0.4) is 0 Å². The zero-order valence-corrected chi connectivity index (χ0v) is 21.3. The molecule has 2 heterocycles. The van der Waals surface area contributed by atoms with Crippen LogP contribution in [0.2, 0.25) is 0 Å². The van der Waals surface area contributed by atoms with Crippen LogP contribution in [-0.2, 0) is 4.74 Å². The average molecular weight is 542 g/mol. The van der Waals surface area contributed by atoms with Gasteiger partial charge in [0, 0.05) is 34.9 Å². The summed E-state index contributed by atoms with van der Waals surface area (Å²) >= 11 is 3.49. The summed E-state index contributed by atoms with van der Waals surface area (Å²) in [4.78, 5) is 15.7. The molecule has 4 rings (SSSR count). The van der Waals surface area contributed by atoms with Gasteiger partial charge in [0.05, 0.1) is 32.6 Å². The Morgan fingerprint density at radius 1 is 1.03 bits per heavy atom. The van der Waals surface area contributed by atoms with Crippen LogP contribution in [0.4, 0.5) is 23.5 Å². The number of rotatable bonds is 10. The number of aromatic nitrogens is 3. The lowest BCUT2D eigenvalue weighted by Crippen LogP contribution is -2.37. The van der Waals surface area contributed by atoms with E-state index in [1.54, 1.807) is 6.21 Å². The second-order valence-electron chi connectivity index (χ2n) is 7.45. The molecule has 0 atom stereocenters. The van der Waals surface area contributed by atoms with E-state index in [0.717, 1.165) is 21.5 Å². The van der Waals surface area contributed by atoms with Crippen LogP contribution in [0.5, 0.6) is 11.5 Å². The summed E-state index contributed by atoms with van der Waals surface area (Å²) in [5.74, 6) is 2.71. The van der Waals surface area contributed by atoms with Gasteiger partial charge in [-0.1, -0.05) is 22.0 Å². The van der Waals surface area contributed by atoms with E-state index in [1.807, 2.05) is 56.3 Å². The Morgan fingerprint density at radius 3 is 2.60 bits per heavy atom. The molecule has 1 fully saturated rings. The van der Waals surface area contributed by atoms with Gasteiger partial charge in [0.15, 0.2) is 0 Å². The molecule has 3 aromatic rings. The van der Waals surface area contributed by atoms with E-state index < -0.39 is 0 Å². The van der Waals surface area contributed by atoms with E-state index >= 15 is 0 Å². The largest absolute Gasteiger partial charge is 0.494 e. The number of ether oxygens (including phenoxy) is 3. The predicted molar refractivity (Wildman–Crippen MR) is 140 cm³/mol. The van der Waals surface area contributed by atoms with Crippen molar-refractivity contribution in [3.05, 3.63) is 52.5 Å². The minimum atomic E-state index is 0.319. The first kappa shape index (κ1) is 24.7. The molecule has 184 valence electrons. The van der Waals surface area contributed by atoms with Crippen molar-refractivity contribution in [2.24, 2.45) is 5.10 Å². The van der Waals surface area contributed by atoms with Crippen molar-refractivity contribution in [1.29, 1.82) is 0 Å². The molecule has 2 N–H and O–H groups in total. The zero-order chi connectivity index (χ0) is 24.5. The Hall–Kier alpha value is -3.44. The standard InChI is InChI=1S/C24H28BrN7O3/c1-3-34-20-9-8-17(21(15-20)35-4-2)16-26-31-23-28-22(27-19-7-5-6-18(25)14-19)29-24(30-23)32-10-12-33-13-11-32/h5-9,14-16H,3-4,10-13H2,1-2H3,(H2,27,28,29,30,31)/b26-16-. The smallest absolute Gasteiger partial charge is 0.250 e. The van der Waals surface area contributed by atoms with Crippen LogP contribution in [0.15, 0.2) is 52.0 Å². The number of hydrazone groups is 1. The van der Waals surface area contributed by atoms with Crippen LogP contribution in [0, 0.1) is 0 Å². The van der Waals surface area contributed by atoms with E-state index in [-0.39, 0.29) is 0 Å². The van der Waals surface area contributed by atoms with Gasteiger partial charge in [-0.3, -0.25) is 0 Å². The third-order valence-electron chi connectivity index (χ3n) is 4.96. The molecule has 11 heteroatoms. The molecule has 1 aromatic heterocycles. The maximum Gasteiger partial charge on any atom is 0.250 e. The molecule has 2 aromatic carbocycles. The maximum absolute atomic E-state index is 5.75. The fourth-order valence-electron chi connectivity index (χ4n) is 3.39. The number of anilines is 4. The van der Waals surface area contributed by atoms with E-state index in [1.165, 1.54) is 0 Å². The molecule has 0 bridgehead atoms. The molecular weight excluding hydrogens is 514 g/mol. The molecule has 1 saturated heterocycles. The van der Waals surface area contributed by atoms with Gasteiger partial charge >= 0.3 is 0 Å². The Morgan fingerprint density at radius 2 is 1.83 bits per heavy atom. The lowest BCUT2D eigenvalue weighted by Gasteiger charge is -2.27. The van der Waals surface area contributed by atoms with Gasteiger partial charge in [-0.05, 0) is 44.2 Å². The highest BCUT2D eigenvalue weighted by Crippen LogP contribution is 2.24. The summed E-state index contributed by atoms with van der Waals surface area (Å²) in [6, 6.07) is 13.4. The fraction of sp³-hybridized carbons (Fsp3) is 0.333. The molecule has 0 spiro atoms. The van der Waals surface area contributed by atoms with Gasteiger partial charge in [0.25, 0.3) is 0 Å². The number of hydrogen-bond donors (Lipinski definition) is 2. The number of nitrogens with one attached hydrogen (secondary N) is 2. The van der Waals surface area contributed by atoms with Crippen LogP contribution in [-0.4, -0.2) is 60.7 Å². The third-order valence-corrected chi connectivity index (χ3v) is 5.46. The Kier molecular flexibility index (Phi) is 8.68. The van der Waals surface area contributed by atoms with Gasteiger partial charge in [0.2, 0.25) is 17.8 Å². The summed E-state index contributed by atoms with van der Waals surface area (Å²) in [5.41, 5.74) is 4.59. The number of nitrogens with zero attached hydrogens (tertiary/aromatic N) is 5. The normalized spacial score (nSPS) is 13.6. The Balaban J connectivity index is 1.56. The number of hydrogen-bond acceptors (Lipinski definition) is 10. The molecule has 1 aliphatic rings. The van der Waals surface area contributed by atoms with Gasteiger partial charge in [-0.2, -0.15) is 20.1 Å². The SMILES string of the molecule is CCOc1ccc(/C=N\Nc2nc(Nc3cccc(Br)c3)nc(N3CCOCC3)n2)c(OCC)c1. The molecule has 0 radical (unpaired) electrons. The highest BCUT2D eigenvalue weighted by atomic mass is 79.9. The molecule has 0 aliphatic carbocycles. The summed E-state index contributed by atoms with van der Waals surface area (Å²) in [5, 5.41) is 7.59. The second kappa shape index (κ2) is 12.3. The first-order chi connectivity index (χ1) is 17.1. The monoisotopic (exact) mass is 541 g/mol. The molecule has 0 saturated carbocycles. The van der Waals surface area contributed by atoms with E-state index in [9.17, 15) is 0 Å². The molecule has 1 aliphatic heterocycles. The third kappa shape index (κ3) is 7.03. The van der Waals surface area contributed by atoms with E-state index in [2.05, 4.69) is 51.6 Å². The Bertz CT molecular complexity index is 1160. The van der Waals surface area contributed by atoms with Gasteiger partial charge in [0.1, 0.15) is 11.5 Å². The zero-order valence-electron chi connectivity index (χ0n) is 19.7. The predicted octanol–water partition coefficient (Wildman–Crippen LogP) is 4.46. The van der Waals surface area contributed by atoms with Crippen molar-refractivity contribution < 1.29 is 14.2 Å². The van der Waals surface area contributed by atoms with Crippen LogP contribution in [0.1, 0.15) is 19.4 Å². The van der Waals surface area contributed by atoms with Crippen LogP contribution < -0.4 is 25.1 Å². The summed E-state index contributed by atoms with van der Waals surface area (Å²) < 4.78 is 17.7. The summed E-state index contributed by atoms with van der Waals surface area (Å²) in [7, 11) is 0. The van der Waals surface area contributed by atoms with Gasteiger partial charge in [-0.15, -0.1) is 0 Å². The van der Waals surface area contributed by atoms with E-state index in [4.69, 9.17) is 14.2 Å². The highest BCUT2D eigenvalue weighted by Gasteiger charge is 2.17. The molecular formula is C24H28BrN7O3. The lowest BCUT2D eigenvalue weighted by atomic mass is 10.2. The van der Waals surface area contributed by atoms with Gasteiger partial charge < -0.3 is 24.4 Å². The quantitative estimate of drug-likeness (QED) is 0.284. The maximum atomic E-state index is 5.75.